The summed E-state index contributed by atoms with van der Waals surface area (Å²) in [6, 6.07) is 15.1. The number of piperazine rings is 1. The smallest absolute Gasteiger partial charge is 0.193 e. The number of nitrogens with one attached hydrogen (secondary N) is 2. The summed E-state index contributed by atoms with van der Waals surface area (Å²) >= 11 is 0. The molecule has 2 aromatic rings. The number of nitriles is 1. The number of rotatable bonds is 5. The van der Waals surface area contributed by atoms with E-state index in [9.17, 15) is 15.5 Å². The van der Waals surface area contributed by atoms with Gasteiger partial charge >= 0.3 is 0 Å². The van der Waals surface area contributed by atoms with Crippen LogP contribution >= 0.6 is 0 Å². The van der Waals surface area contributed by atoms with E-state index in [0.29, 0.717) is 29.7 Å². The summed E-state index contributed by atoms with van der Waals surface area (Å²) in [5.41, 5.74) is 3.64. The Morgan fingerprint density at radius 2 is 1.92 bits per heavy atom. The molecule has 4 N–H and O–H groups in total. The molecule has 0 bridgehead atoms. The Morgan fingerprint density at radius 1 is 1.14 bits per heavy atom. The monoisotopic (exact) mass is 487 g/mol. The normalized spacial score (nSPS) is 20.6. The van der Waals surface area contributed by atoms with Crippen LogP contribution in [-0.2, 0) is 4.74 Å². The summed E-state index contributed by atoms with van der Waals surface area (Å²) < 4.78 is 5.82. The Labute approximate surface area is 211 Å². The number of phenols is 1. The van der Waals surface area contributed by atoms with E-state index in [1.54, 1.807) is 12.1 Å². The third-order valence-electron chi connectivity index (χ3n) is 7.19. The SMILES string of the molecule is N#C/C(=C1/Nc2ccc(-c3ccccc3O)cc2N=C1N1CCNCC1)C(O)OCC1CCCCC1. The Hall–Kier alpha value is -3.38. The van der Waals surface area contributed by atoms with Gasteiger partial charge in [-0.3, -0.25) is 0 Å². The van der Waals surface area contributed by atoms with Gasteiger partial charge in [0.2, 0.25) is 0 Å². The third kappa shape index (κ3) is 5.24. The van der Waals surface area contributed by atoms with Crippen molar-refractivity contribution in [3.05, 3.63) is 53.7 Å². The van der Waals surface area contributed by atoms with E-state index in [-0.39, 0.29) is 11.3 Å². The number of amidine groups is 1. The highest BCUT2D eigenvalue weighted by atomic mass is 16.6. The van der Waals surface area contributed by atoms with Crippen LogP contribution < -0.4 is 10.6 Å². The van der Waals surface area contributed by atoms with Crippen molar-refractivity contribution >= 4 is 17.2 Å². The van der Waals surface area contributed by atoms with Crippen LogP contribution in [0.5, 0.6) is 5.75 Å². The van der Waals surface area contributed by atoms with Gasteiger partial charge in [0, 0.05) is 31.7 Å². The Kier molecular flexibility index (Phi) is 7.52. The van der Waals surface area contributed by atoms with Crippen molar-refractivity contribution in [1.82, 2.24) is 10.2 Å². The molecule has 0 radical (unpaired) electrons. The highest BCUT2D eigenvalue weighted by Gasteiger charge is 2.30. The Morgan fingerprint density at radius 3 is 2.67 bits per heavy atom. The average molecular weight is 488 g/mol. The van der Waals surface area contributed by atoms with Crippen LogP contribution in [0.2, 0.25) is 0 Å². The predicted octanol–water partition coefficient (Wildman–Crippen LogP) is 4.11. The zero-order valence-electron chi connectivity index (χ0n) is 20.4. The highest BCUT2D eigenvalue weighted by Crippen LogP contribution is 2.39. The van der Waals surface area contributed by atoms with Crippen molar-refractivity contribution in [2.75, 3.05) is 38.1 Å². The molecule has 0 aromatic heterocycles. The van der Waals surface area contributed by atoms with Gasteiger partial charge in [0.1, 0.15) is 23.1 Å². The van der Waals surface area contributed by atoms with E-state index < -0.39 is 6.29 Å². The second-order valence-electron chi connectivity index (χ2n) is 9.64. The fourth-order valence-corrected chi connectivity index (χ4v) is 5.17. The molecular weight excluding hydrogens is 454 g/mol. The highest BCUT2D eigenvalue weighted by molar-refractivity contribution is 6.07. The number of nitrogens with zero attached hydrogens (tertiary/aromatic N) is 3. The minimum atomic E-state index is -1.32. The summed E-state index contributed by atoms with van der Waals surface area (Å²) in [7, 11) is 0. The topological polar surface area (TPSA) is 113 Å². The van der Waals surface area contributed by atoms with E-state index in [0.717, 1.165) is 55.8 Å². The summed E-state index contributed by atoms with van der Waals surface area (Å²) in [6.07, 6.45) is 4.52. The molecule has 188 valence electrons. The van der Waals surface area contributed by atoms with Gasteiger partial charge in [-0.25, -0.2) is 4.99 Å². The number of aliphatic hydroxyl groups excluding tert-OH is 1. The maximum absolute atomic E-state index is 10.9. The van der Waals surface area contributed by atoms with Crippen LogP contribution in [0.25, 0.3) is 11.1 Å². The van der Waals surface area contributed by atoms with Crippen LogP contribution in [0.3, 0.4) is 0 Å². The number of aliphatic imine (C=N–C) groups is 1. The molecule has 2 aromatic carbocycles. The summed E-state index contributed by atoms with van der Waals surface area (Å²) in [5, 5.41) is 38.0. The van der Waals surface area contributed by atoms with E-state index in [2.05, 4.69) is 21.6 Å². The maximum atomic E-state index is 10.9. The van der Waals surface area contributed by atoms with Gasteiger partial charge in [0.05, 0.1) is 18.0 Å². The molecule has 1 unspecified atom stereocenters. The molecule has 2 fully saturated rings. The van der Waals surface area contributed by atoms with E-state index in [1.807, 2.05) is 30.3 Å². The Bertz CT molecular complexity index is 1190. The molecule has 1 atom stereocenters. The third-order valence-corrected chi connectivity index (χ3v) is 7.19. The average Bonchev–Trinajstić information content (AvgIpc) is 2.93. The van der Waals surface area contributed by atoms with Gasteiger partial charge in [0.25, 0.3) is 0 Å². The molecule has 3 aliphatic rings. The van der Waals surface area contributed by atoms with Gasteiger partial charge in [-0.1, -0.05) is 43.5 Å². The van der Waals surface area contributed by atoms with Crippen molar-refractivity contribution in [3.63, 3.8) is 0 Å². The molecule has 2 aliphatic heterocycles. The lowest BCUT2D eigenvalue weighted by molar-refractivity contribution is -0.0846. The minimum Gasteiger partial charge on any atom is -0.507 e. The van der Waals surface area contributed by atoms with Crippen molar-refractivity contribution in [2.45, 2.75) is 38.4 Å². The van der Waals surface area contributed by atoms with Crippen LogP contribution in [0.15, 0.2) is 58.7 Å². The first-order chi connectivity index (χ1) is 17.6. The van der Waals surface area contributed by atoms with Crippen molar-refractivity contribution in [3.8, 4) is 22.9 Å². The number of fused-ring (bicyclic) bond motifs is 1. The predicted molar refractivity (Wildman–Crippen MR) is 140 cm³/mol. The molecular formula is C28H33N5O3. The first-order valence-corrected chi connectivity index (χ1v) is 12.8. The number of anilines is 1. The molecule has 0 spiro atoms. The van der Waals surface area contributed by atoms with Gasteiger partial charge < -0.3 is 30.5 Å². The van der Waals surface area contributed by atoms with E-state index in [4.69, 9.17) is 9.73 Å². The van der Waals surface area contributed by atoms with Crippen LogP contribution in [0.1, 0.15) is 32.1 Å². The molecule has 8 heteroatoms. The van der Waals surface area contributed by atoms with Gasteiger partial charge in [-0.15, -0.1) is 0 Å². The zero-order valence-corrected chi connectivity index (χ0v) is 20.4. The van der Waals surface area contributed by atoms with E-state index in [1.165, 1.54) is 19.3 Å². The Balaban J connectivity index is 1.48. The number of phenolic OH excluding ortho intramolecular Hbond substituents is 1. The van der Waals surface area contributed by atoms with E-state index >= 15 is 0 Å². The van der Waals surface area contributed by atoms with Gasteiger partial charge in [-0.2, -0.15) is 5.26 Å². The quantitative estimate of drug-likeness (QED) is 0.371. The summed E-state index contributed by atoms with van der Waals surface area (Å²) in [4.78, 5) is 7.09. The number of hydrogen-bond acceptors (Lipinski definition) is 8. The number of benzene rings is 2. The molecule has 36 heavy (non-hydrogen) atoms. The molecule has 8 nitrogen and oxygen atoms in total. The first-order valence-electron chi connectivity index (χ1n) is 12.8. The fraction of sp³-hybridized carbons (Fsp3) is 0.429. The van der Waals surface area contributed by atoms with Crippen LogP contribution in [-0.4, -0.2) is 60.0 Å². The number of aliphatic hydroxyl groups is 1. The van der Waals surface area contributed by atoms with Crippen LogP contribution in [0.4, 0.5) is 11.4 Å². The van der Waals surface area contributed by atoms with Gasteiger partial charge in [0.15, 0.2) is 12.1 Å². The molecule has 1 aliphatic carbocycles. The minimum absolute atomic E-state index is 0.138. The zero-order chi connectivity index (χ0) is 24.9. The van der Waals surface area contributed by atoms with Crippen molar-refractivity contribution in [1.29, 1.82) is 5.26 Å². The molecule has 5 rings (SSSR count). The van der Waals surface area contributed by atoms with Crippen molar-refractivity contribution in [2.24, 2.45) is 10.9 Å². The second-order valence-corrected chi connectivity index (χ2v) is 9.64. The number of aromatic hydroxyl groups is 1. The summed E-state index contributed by atoms with van der Waals surface area (Å²) in [5.74, 6) is 1.25. The number of para-hydroxylation sites is 1. The largest absolute Gasteiger partial charge is 0.507 e. The molecule has 0 amide bonds. The molecule has 1 saturated heterocycles. The first kappa shape index (κ1) is 24.3. The van der Waals surface area contributed by atoms with Gasteiger partial charge in [-0.05, 0) is 42.5 Å². The number of hydrogen-bond donors (Lipinski definition) is 4. The maximum Gasteiger partial charge on any atom is 0.193 e. The lowest BCUT2D eigenvalue weighted by Gasteiger charge is -2.34. The van der Waals surface area contributed by atoms with Crippen molar-refractivity contribution < 1.29 is 14.9 Å². The lowest BCUT2D eigenvalue weighted by Crippen LogP contribution is -2.48. The standard InChI is InChI=1S/C28H33N5O3/c29-17-22(28(35)36-18-19-6-2-1-3-7-19)26-27(33-14-12-30-13-15-33)32-24-16-20(10-11-23(24)31-26)21-8-4-5-9-25(21)34/h4-5,8-11,16,19,28,30-31,34-35H,1-3,6-7,12-15,18H2/b26-22-. The molecule has 1 saturated carbocycles. The summed E-state index contributed by atoms with van der Waals surface area (Å²) in [6.45, 7) is 3.52. The number of ether oxygens (including phenoxy) is 1. The fourth-order valence-electron chi connectivity index (χ4n) is 5.17. The lowest BCUT2D eigenvalue weighted by atomic mass is 9.90. The van der Waals surface area contributed by atoms with Crippen LogP contribution in [0, 0.1) is 17.2 Å². The second kappa shape index (κ2) is 11.1. The molecule has 2 heterocycles.